The van der Waals surface area contributed by atoms with Crippen LogP contribution in [0.5, 0.6) is 0 Å². The van der Waals surface area contributed by atoms with Gasteiger partial charge in [0.2, 0.25) is 5.95 Å². The zero-order valence-electron chi connectivity index (χ0n) is 20.1. The van der Waals surface area contributed by atoms with Gasteiger partial charge in [-0.25, -0.2) is 28.7 Å². The van der Waals surface area contributed by atoms with Gasteiger partial charge in [-0.1, -0.05) is 0 Å². The first kappa shape index (κ1) is 23.8. The molecule has 37 heavy (non-hydrogen) atoms. The van der Waals surface area contributed by atoms with Crippen molar-refractivity contribution in [3.05, 3.63) is 35.6 Å². The average Bonchev–Trinajstić information content (AvgIpc) is 3.54. The second kappa shape index (κ2) is 9.38. The molecule has 6 heterocycles. The van der Waals surface area contributed by atoms with E-state index in [1.54, 1.807) is 29.3 Å². The number of nitrogens with zero attached hydrogens (tertiary/aromatic N) is 8. The van der Waals surface area contributed by atoms with E-state index in [0.29, 0.717) is 51.3 Å². The number of ether oxygens (including phenoxy) is 1. The predicted octanol–water partition coefficient (Wildman–Crippen LogP) is 3.26. The van der Waals surface area contributed by atoms with Crippen LogP contribution in [0.3, 0.4) is 0 Å². The van der Waals surface area contributed by atoms with Gasteiger partial charge in [-0.05, 0) is 12.1 Å². The lowest BCUT2D eigenvalue weighted by Gasteiger charge is -2.31. The first-order chi connectivity index (χ1) is 17.9. The van der Waals surface area contributed by atoms with Crippen LogP contribution in [0.1, 0.15) is 22.5 Å². The Kier molecular flexibility index (Phi) is 6.03. The van der Waals surface area contributed by atoms with Crippen molar-refractivity contribution in [3.8, 4) is 22.8 Å². The molecule has 0 unspecified atom stereocenters. The molecule has 0 radical (unpaired) electrons. The highest BCUT2D eigenvalue weighted by molar-refractivity contribution is 7.20. The van der Waals surface area contributed by atoms with Crippen molar-refractivity contribution >= 4 is 33.4 Å². The van der Waals surface area contributed by atoms with Gasteiger partial charge >= 0.3 is 0 Å². The number of carbonyl (C=O) groups excluding carboxylic acids is 1. The molecule has 192 valence electrons. The molecule has 0 aliphatic carbocycles. The minimum absolute atomic E-state index is 0.0262. The molecule has 0 spiro atoms. The number of fused-ring (bicyclic) bond motifs is 1. The van der Waals surface area contributed by atoms with Crippen molar-refractivity contribution < 1.29 is 18.3 Å². The third-order valence-electron chi connectivity index (χ3n) is 6.64. The van der Waals surface area contributed by atoms with Crippen LogP contribution in [0.4, 0.5) is 14.7 Å². The van der Waals surface area contributed by atoms with Crippen LogP contribution in [-0.2, 0) is 11.8 Å². The number of morpholine rings is 1. The quantitative estimate of drug-likeness (QED) is 0.399. The Morgan fingerprint density at radius 2 is 1.81 bits per heavy atom. The molecule has 0 atom stereocenters. The molecule has 1 amide bonds. The summed E-state index contributed by atoms with van der Waals surface area (Å²) >= 11 is 1.23. The topological polar surface area (TPSA) is 102 Å². The van der Waals surface area contributed by atoms with Crippen molar-refractivity contribution in [2.45, 2.75) is 18.8 Å². The van der Waals surface area contributed by atoms with Gasteiger partial charge < -0.3 is 14.5 Å². The number of halogens is 2. The Hall–Kier alpha value is -3.58. The van der Waals surface area contributed by atoms with Crippen LogP contribution in [0.15, 0.2) is 30.7 Å². The molecule has 0 saturated carbocycles. The zero-order valence-corrected chi connectivity index (χ0v) is 20.9. The van der Waals surface area contributed by atoms with Crippen molar-refractivity contribution in [3.63, 3.8) is 0 Å². The SMILES string of the molecule is Cn1nccc1-c1nc(-c2cnc(N3CCOCC3)nc2)nc2sc(C(=O)N3CCC(F)(F)CC3)cc12. The number of hydrogen-bond acceptors (Lipinski definition) is 9. The summed E-state index contributed by atoms with van der Waals surface area (Å²) in [4.78, 5) is 36.4. The number of aryl methyl sites for hydroxylation is 1. The number of rotatable bonds is 4. The first-order valence-electron chi connectivity index (χ1n) is 12.0. The van der Waals surface area contributed by atoms with Crippen molar-refractivity contribution in [1.82, 2.24) is 34.6 Å². The summed E-state index contributed by atoms with van der Waals surface area (Å²) in [5, 5.41) is 4.97. The molecule has 0 N–H and O–H groups in total. The van der Waals surface area contributed by atoms with Gasteiger partial charge in [0.15, 0.2) is 5.82 Å². The van der Waals surface area contributed by atoms with E-state index >= 15 is 0 Å². The molecule has 0 bridgehead atoms. The Morgan fingerprint density at radius 1 is 1.08 bits per heavy atom. The fraction of sp³-hybridized carbons (Fsp3) is 0.417. The highest BCUT2D eigenvalue weighted by atomic mass is 32.1. The third kappa shape index (κ3) is 4.64. The average molecular weight is 527 g/mol. The van der Waals surface area contributed by atoms with Gasteiger partial charge in [-0.15, -0.1) is 11.3 Å². The maximum absolute atomic E-state index is 13.6. The number of carbonyl (C=O) groups is 1. The fourth-order valence-electron chi connectivity index (χ4n) is 4.51. The lowest BCUT2D eigenvalue weighted by Crippen LogP contribution is -2.42. The van der Waals surface area contributed by atoms with Crippen molar-refractivity contribution in [1.29, 1.82) is 0 Å². The molecule has 13 heteroatoms. The van der Waals surface area contributed by atoms with E-state index < -0.39 is 5.92 Å². The summed E-state index contributed by atoms with van der Waals surface area (Å²) < 4.78 is 34.3. The minimum Gasteiger partial charge on any atom is -0.378 e. The normalized spacial score (nSPS) is 17.9. The van der Waals surface area contributed by atoms with Crippen LogP contribution in [0.25, 0.3) is 33.0 Å². The maximum atomic E-state index is 13.6. The van der Waals surface area contributed by atoms with E-state index in [0.717, 1.165) is 18.8 Å². The Morgan fingerprint density at radius 3 is 2.49 bits per heavy atom. The lowest BCUT2D eigenvalue weighted by atomic mass is 10.1. The van der Waals surface area contributed by atoms with Crippen LogP contribution in [0.2, 0.25) is 0 Å². The van der Waals surface area contributed by atoms with Crippen LogP contribution >= 0.6 is 11.3 Å². The maximum Gasteiger partial charge on any atom is 0.264 e. The second-order valence-corrected chi connectivity index (χ2v) is 10.1. The standard InChI is InChI=1S/C24H24F2N8O2S/c1-32-17(2-5-29-32)19-16-12-18(22(35)33-6-3-24(25,26)4-7-33)37-21(16)31-20(30-19)15-13-27-23(28-14-15)34-8-10-36-11-9-34/h2,5,12-14H,3-4,6-11H2,1H3. The lowest BCUT2D eigenvalue weighted by molar-refractivity contribution is -0.0493. The highest BCUT2D eigenvalue weighted by Crippen LogP contribution is 2.35. The number of amides is 1. The van der Waals surface area contributed by atoms with Gasteiger partial charge in [-0.2, -0.15) is 5.10 Å². The predicted molar refractivity (Wildman–Crippen MR) is 134 cm³/mol. The van der Waals surface area contributed by atoms with Gasteiger partial charge in [-0.3, -0.25) is 9.48 Å². The largest absolute Gasteiger partial charge is 0.378 e. The number of anilines is 1. The van der Waals surface area contributed by atoms with Gasteiger partial charge in [0, 0.05) is 70.0 Å². The van der Waals surface area contributed by atoms with E-state index in [1.807, 2.05) is 13.1 Å². The number of likely N-dealkylation sites (tertiary alicyclic amines) is 1. The minimum atomic E-state index is -2.72. The zero-order chi connectivity index (χ0) is 25.6. The molecule has 2 saturated heterocycles. The Labute approximate surface area is 214 Å². The van der Waals surface area contributed by atoms with E-state index in [1.165, 1.54) is 16.2 Å². The number of aromatic nitrogens is 6. The molecule has 10 nitrogen and oxygen atoms in total. The van der Waals surface area contributed by atoms with E-state index in [4.69, 9.17) is 14.7 Å². The Bertz CT molecular complexity index is 1440. The molecule has 2 fully saturated rings. The highest BCUT2D eigenvalue weighted by Gasteiger charge is 2.36. The first-order valence-corrected chi connectivity index (χ1v) is 12.8. The molecule has 0 aromatic carbocycles. The fourth-order valence-corrected chi connectivity index (χ4v) is 5.51. The van der Waals surface area contributed by atoms with Gasteiger partial charge in [0.25, 0.3) is 11.8 Å². The molecule has 4 aromatic heterocycles. The summed E-state index contributed by atoms with van der Waals surface area (Å²) in [6, 6.07) is 3.59. The molecular weight excluding hydrogens is 502 g/mol. The second-order valence-electron chi connectivity index (χ2n) is 9.08. The van der Waals surface area contributed by atoms with Crippen molar-refractivity contribution in [2.75, 3.05) is 44.3 Å². The third-order valence-corrected chi connectivity index (χ3v) is 7.66. The van der Waals surface area contributed by atoms with Crippen molar-refractivity contribution in [2.24, 2.45) is 7.05 Å². The Balaban J connectivity index is 1.37. The van der Waals surface area contributed by atoms with Crippen LogP contribution < -0.4 is 4.90 Å². The molecular formula is C24H24F2N8O2S. The van der Waals surface area contributed by atoms with E-state index in [-0.39, 0.29) is 31.8 Å². The molecule has 4 aromatic rings. The number of thiophene rings is 1. The van der Waals surface area contributed by atoms with Crippen LogP contribution in [0, 0.1) is 0 Å². The summed E-state index contributed by atoms with van der Waals surface area (Å²) in [7, 11) is 1.82. The number of piperidine rings is 1. The van der Waals surface area contributed by atoms with Gasteiger partial charge in [0.1, 0.15) is 10.5 Å². The monoisotopic (exact) mass is 526 g/mol. The number of alkyl halides is 2. The smallest absolute Gasteiger partial charge is 0.264 e. The van der Waals surface area contributed by atoms with Gasteiger partial charge in [0.05, 0.1) is 29.3 Å². The molecule has 2 aliphatic heterocycles. The number of hydrogen-bond donors (Lipinski definition) is 0. The summed E-state index contributed by atoms with van der Waals surface area (Å²) in [6.07, 6.45) is 4.41. The molecule has 2 aliphatic rings. The summed E-state index contributed by atoms with van der Waals surface area (Å²) in [5.74, 6) is -1.94. The molecule has 6 rings (SSSR count). The van der Waals surface area contributed by atoms with Crippen LogP contribution in [-0.4, -0.2) is 85.8 Å². The summed E-state index contributed by atoms with van der Waals surface area (Å²) in [5.41, 5.74) is 2.02. The van der Waals surface area contributed by atoms with E-state index in [2.05, 4.69) is 20.0 Å². The van der Waals surface area contributed by atoms with E-state index in [9.17, 15) is 13.6 Å². The summed E-state index contributed by atoms with van der Waals surface area (Å²) in [6.45, 7) is 2.79.